The third-order valence-electron chi connectivity index (χ3n) is 4.64. The van der Waals surface area contributed by atoms with E-state index >= 15 is 0 Å². The van der Waals surface area contributed by atoms with E-state index in [1.807, 2.05) is 18.2 Å². The molecule has 0 amide bonds. The first-order valence-electron chi connectivity index (χ1n) is 8.24. The lowest BCUT2D eigenvalue weighted by Crippen LogP contribution is -2.29. The minimum Gasteiger partial charge on any atom is -0.497 e. The van der Waals surface area contributed by atoms with Crippen molar-refractivity contribution in [3.05, 3.63) is 59.9 Å². The zero-order valence-corrected chi connectivity index (χ0v) is 14.0. The van der Waals surface area contributed by atoms with Crippen LogP contribution in [-0.2, 0) is 0 Å². The van der Waals surface area contributed by atoms with Crippen LogP contribution in [0.5, 0.6) is 5.75 Å². The van der Waals surface area contributed by atoms with Gasteiger partial charge >= 0.3 is 0 Å². The molecule has 5 heteroatoms. The van der Waals surface area contributed by atoms with E-state index in [4.69, 9.17) is 10.00 Å². The Morgan fingerprint density at radius 2 is 2.20 bits per heavy atom. The average Bonchev–Trinajstić information content (AvgIpc) is 3.11. The van der Waals surface area contributed by atoms with Gasteiger partial charge in [-0.1, -0.05) is 6.08 Å². The van der Waals surface area contributed by atoms with Crippen molar-refractivity contribution in [1.29, 1.82) is 5.26 Å². The number of benzene rings is 1. The average molecular weight is 330 g/mol. The van der Waals surface area contributed by atoms with Gasteiger partial charge in [-0.3, -0.25) is 0 Å². The first kappa shape index (κ1) is 15.3. The fourth-order valence-electron chi connectivity index (χ4n) is 3.28. The first-order valence-corrected chi connectivity index (χ1v) is 8.24. The fraction of sp³-hybridized carbons (Fsp3) is 0.200. The molecule has 0 atom stereocenters. The molecule has 1 aromatic carbocycles. The van der Waals surface area contributed by atoms with Gasteiger partial charge in [0.1, 0.15) is 11.6 Å². The number of anilines is 1. The van der Waals surface area contributed by atoms with E-state index in [2.05, 4.69) is 39.3 Å². The monoisotopic (exact) mass is 330 g/mol. The van der Waals surface area contributed by atoms with Gasteiger partial charge in [-0.15, -0.1) is 0 Å². The van der Waals surface area contributed by atoms with E-state index < -0.39 is 0 Å². The number of nitrogens with zero attached hydrogens (tertiary/aromatic N) is 3. The maximum absolute atomic E-state index is 9.05. The topological polar surface area (TPSA) is 64.9 Å². The van der Waals surface area contributed by atoms with Gasteiger partial charge in [0, 0.05) is 41.9 Å². The Morgan fingerprint density at radius 3 is 2.96 bits per heavy atom. The van der Waals surface area contributed by atoms with Gasteiger partial charge in [0.25, 0.3) is 0 Å². The lowest BCUT2D eigenvalue weighted by atomic mass is 9.98. The van der Waals surface area contributed by atoms with Crippen LogP contribution < -0.4 is 9.64 Å². The smallest absolute Gasteiger partial charge is 0.130 e. The zero-order valence-electron chi connectivity index (χ0n) is 14.0. The van der Waals surface area contributed by atoms with Crippen molar-refractivity contribution >= 4 is 22.3 Å². The van der Waals surface area contributed by atoms with Crippen LogP contribution in [0.2, 0.25) is 0 Å². The normalized spacial score (nSPS) is 14.2. The van der Waals surface area contributed by atoms with Crippen LogP contribution in [0.3, 0.4) is 0 Å². The Morgan fingerprint density at radius 1 is 1.28 bits per heavy atom. The maximum atomic E-state index is 9.05. The number of pyridine rings is 1. The number of fused-ring (bicyclic) bond motifs is 1. The molecule has 5 nitrogen and oxygen atoms in total. The van der Waals surface area contributed by atoms with E-state index in [1.54, 1.807) is 19.4 Å². The van der Waals surface area contributed by atoms with E-state index in [0.717, 1.165) is 36.6 Å². The highest BCUT2D eigenvalue weighted by Gasteiger charge is 2.17. The lowest BCUT2D eigenvalue weighted by Gasteiger charge is -2.27. The van der Waals surface area contributed by atoms with E-state index in [0.29, 0.717) is 5.56 Å². The molecule has 1 aliphatic heterocycles. The second-order valence-electron chi connectivity index (χ2n) is 6.05. The van der Waals surface area contributed by atoms with Crippen molar-refractivity contribution in [3.8, 4) is 11.8 Å². The minimum absolute atomic E-state index is 0.642. The Bertz CT molecular complexity index is 996. The highest BCUT2D eigenvalue weighted by Crippen LogP contribution is 2.32. The van der Waals surface area contributed by atoms with Crippen molar-refractivity contribution < 1.29 is 4.74 Å². The van der Waals surface area contributed by atoms with Crippen molar-refractivity contribution in [3.63, 3.8) is 0 Å². The summed E-state index contributed by atoms with van der Waals surface area (Å²) >= 11 is 0. The molecule has 0 fully saturated rings. The van der Waals surface area contributed by atoms with Gasteiger partial charge in [0.15, 0.2) is 0 Å². The Hall–Kier alpha value is -3.26. The number of aromatic nitrogens is 2. The molecule has 4 rings (SSSR count). The number of methoxy groups -OCH3 is 1. The molecule has 0 aliphatic carbocycles. The first-order chi connectivity index (χ1) is 12.3. The molecule has 0 saturated heterocycles. The SMILES string of the molecule is COc1ccc2[nH]cc(C3=CCN(c4cc(C#N)ccn4)CC3)c2c1. The number of nitrogens with one attached hydrogen (secondary N) is 1. The molecular weight excluding hydrogens is 312 g/mol. The van der Waals surface area contributed by atoms with Crippen molar-refractivity contribution in [1.82, 2.24) is 9.97 Å². The molecule has 0 radical (unpaired) electrons. The second kappa shape index (κ2) is 6.33. The van der Waals surface area contributed by atoms with E-state index in [1.165, 1.54) is 16.5 Å². The number of aromatic amines is 1. The molecule has 0 bridgehead atoms. The van der Waals surface area contributed by atoms with Crippen LogP contribution in [0.25, 0.3) is 16.5 Å². The number of rotatable bonds is 3. The zero-order chi connectivity index (χ0) is 17.2. The summed E-state index contributed by atoms with van der Waals surface area (Å²) in [6, 6.07) is 11.8. The summed E-state index contributed by atoms with van der Waals surface area (Å²) in [6.07, 6.45) is 6.94. The standard InChI is InChI=1S/C20H18N4O/c1-25-16-2-3-19-17(11-16)18(13-23-19)15-5-8-24(9-6-15)20-10-14(12-21)4-7-22-20/h2-5,7,10-11,13,23H,6,8-9H2,1H3. The van der Waals surface area contributed by atoms with Gasteiger partial charge in [-0.25, -0.2) is 4.98 Å². The Balaban J connectivity index is 1.61. The third kappa shape index (κ3) is 2.83. The van der Waals surface area contributed by atoms with Gasteiger partial charge in [-0.2, -0.15) is 5.26 Å². The second-order valence-corrected chi connectivity index (χ2v) is 6.05. The van der Waals surface area contributed by atoms with Crippen LogP contribution in [0.4, 0.5) is 5.82 Å². The molecule has 124 valence electrons. The van der Waals surface area contributed by atoms with Crippen LogP contribution in [-0.4, -0.2) is 30.2 Å². The highest BCUT2D eigenvalue weighted by atomic mass is 16.5. The molecule has 0 saturated carbocycles. The summed E-state index contributed by atoms with van der Waals surface area (Å²) in [5, 5.41) is 10.2. The summed E-state index contributed by atoms with van der Waals surface area (Å²) in [7, 11) is 1.69. The molecule has 25 heavy (non-hydrogen) atoms. The molecular formula is C20H18N4O. The molecule has 1 aliphatic rings. The largest absolute Gasteiger partial charge is 0.497 e. The maximum Gasteiger partial charge on any atom is 0.130 e. The number of hydrogen-bond acceptors (Lipinski definition) is 4. The molecule has 1 N–H and O–H groups in total. The van der Waals surface area contributed by atoms with Crippen LogP contribution >= 0.6 is 0 Å². The van der Waals surface area contributed by atoms with Crippen molar-refractivity contribution in [2.75, 3.05) is 25.1 Å². The van der Waals surface area contributed by atoms with Crippen LogP contribution in [0.1, 0.15) is 17.5 Å². The predicted molar refractivity (Wildman–Crippen MR) is 98.6 cm³/mol. The number of nitriles is 1. The highest BCUT2D eigenvalue weighted by molar-refractivity contribution is 5.93. The van der Waals surface area contributed by atoms with E-state index in [9.17, 15) is 0 Å². The summed E-state index contributed by atoms with van der Waals surface area (Å²) in [4.78, 5) is 9.92. The fourth-order valence-corrected chi connectivity index (χ4v) is 3.28. The van der Waals surface area contributed by atoms with Crippen LogP contribution in [0, 0.1) is 11.3 Å². The lowest BCUT2D eigenvalue weighted by molar-refractivity contribution is 0.415. The molecule has 3 aromatic rings. The molecule has 0 spiro atoms. The number of hydrogen-bond donors (Lipinski definition) is 1. The van der Waals surface area contributed by atoms with Gasteiger partial charge in [0.05, 0.1) is 18.7 Å². The summed E-state index contributed by atoms with van der Waals surface area (Å²) in [6.45, 7) is 1.66. The third-order valence-corrected chi connectivity index (χ3v) is 4.64. The van der Waals surface area contributed by atoms with Gasteiger partial charge < -0.3 is 14.6 Å². The van der Waals surface area contributed by atoms with Gasteiger partial charge in [-0.05, 0) is 42.3 Å². The predicted octanol–water partition coefficient (Wildman–Crippen LogP) is 3.74. The summed E-state index contributed by atoms with van der Waals surface area (Å²) in [5.74, 6) is 1.72. The summed E-state index contributed by atoms with van der Waals surface area (Å²) < 4.78 is 5.35. The Labute approximate surface area is 146 Å². The summed E-state index contributed by atoms with van der Waals surface area (Å²) in [5.41, 5.74) is 4.31. The molecule has 0 unspecified atom stereocenters. The number of ether oxygens (including phenoxy) is 1. The Kier molecular flexibility index (Phi) is 3.87. The van der Waals surface area contributed by atoms with Crippen molar-refractivity contribution in [2.24, 2.45) is 0 Å². The molecule has 3 heterocycles. The van der Waals surface area contributed by atoms with Crippen molar-refractivity contribution in [2.45, 2.75) is 6.42 Å². The molecule has 2 aromatic heterocycles. The van der Waals surface area contributed by atoms with Gasteiger partial charge in [0.2, 0.25) is 0 Å². The number of H-pyrrole nitrogens is 1. The minimum atomic E-state index is 0.642. The van der Waals surface area contributed by atoms with Crippen LogP contribution in [0.15, 0.2) is 48.8 Å². The van der Waals surface area contributed by atoms with E-state index in [-0.39, 0.29) is 0 Å². The quantitative estimate of drug-likeness (QED) is 0.794.